The molecule has 3 N–H and O–H groups in total. The number of amides is 3. The molecular weight excluding hydrogens is 378 g/mol. The van der Waals surface area contributed by atoms with Gasteiger partial charge in [-0.25, -0.2) is 0 Å². The average molecular weight is 397 g/mol. The van der Waals surface area contributed by atoms with Crippen LogP contribution < -0.4 is 16.0 Å². The zero-order valence-corrected chi connectivity index (χ0v) is 16.0. The quantitative estimate of drug-likeness (QED) is 0.570. The van der Waals surface area contributed by atoms with Crippen molar-refractivity contribution in [1.29, 1.82) is 0 Å². The van der Waals surface area contributed by atoms with Gasteiger partial charge in [-0.3, -0.25) is 14.4 Å². The summed E-state index contributed by atoms with van der Waals surface area (Å²) in [6, 6.07) is 13.6. The van der Waals surface area contributed by atoms with Gasteiger partial charge in [-0.05, 0) is 48.9 Å². The van der Waals surface area contributed by atoms with E-state index in [2.05, 4.69) is 16.0 Å². The van der Waals surface area contributed by atoms with E-state index in [1.807, 2.05) is 6.92 Å². The van der Waals surface area contributed by atoms with E-state index in [9.17, 15) is 14.4 Å². The number of carbonyl (C=O) groups is 3. The van der Waals surface area contributed by atoms with Crippen molar-refractivity contribution in [1.82, 2.24) is 10.6 Å². The molecule has 8 heteroatoms. The van der Waals surface area contributed by atoms with E-state index in [1.165, 1.54) is 17.6 Å². The minimum Gasteiger partial charge on any atom is -0.459 e. The number of thiophene rings is 1. The Kier molecular flexibility index (Phi) is 6.23. The first kappa shape index (κ1) is 19.4. The Morgan fingerprint density at radius 1 is 0.929 bits per heavy atom. The Labute approximate surface area is 165 Å². The number of nitrogens with one attached hydrogen (secondary N) is 3. The van der Waals surface area contributed by atoms with Gasteiger partial charge in [0.2, 0.25) is 0 Å². The highest BCUT2D eigenvalue weighted by molar-refractivity contribution is 7.18. The van der Waals surface area contributed by atoms with Gasteiger partial charge in [0, 0.05) is 18.7 Å². The van der Waals surface area contributed by atoms with Crippen molar-refractivity contribution >= 4 is 34.1 Å². The van der Waals surface area contributed by atoms with Crippen LogP contribution >= 0.6 is 11.3 Å². The van der Waals surface area contributed by atoms with E-state index in [4.69, 9.17) is 4.42 Å². The van der Waals surface area contributed by atoms with E-state index in [0.29, 0.717) is 28.5 Å². The van der Waals surface area contributed by atoms with Gasteiger partial charge < -0.3 is 20.4 Å². The number of hydrogen-bond donors (Lipinski definition) is 3. The summed E-state index contributed by atoms with van der Waals surface area (Å²) in [5.74, 6) is -0.529. The Balaban J connectivity index is 1.53. The molecule has 0 aliphatic carbocycles. The lowest BCUT2D eigenvalue weighted by atomic mass is 10.1. The van der Waals surface area contributed by atoms with Crippen LogP contribution in [-0.2, 0) is 6.54 Å². The predicted molar refractivity (Wildman–Crippen MR) is 107 cm³/mol. The summed E-state index contributed by atoms with van der Waals surface area (Å²) in [6.07, 6.45) is 1.42. The summed E-state index contributed by atoms with van der Waals surface area (Å²) in [6.45, 7) is 2.77. The molecule has 0 radical (unpaired) electrons. The number of furan rings is 1. The van der Waals surface area contributed by atoms with Crippen LogP contribution in [0.1, 0.15) is 43.1 Å². The topological polar surface area (TPSA) is 100 Å². The van der Waals surface area contributed by atoms with Gasteiger partial charge in [0.1, 0.15) is 0 Å². The minimum atomic E-state index is -0.369. The summed E-state index contributed by atoms with van der Waals surface area (Å²) < 4.78 is 5.03. The first-order valence-electron chi connectivity index (χ1n) is 8.67. The minimum absolute atomic E-state index is 0.124. The van der Waals surface area contributed by atoms with Crippen LogP contribution in [0.15, 0.2) is 59.2 Å². The highest BCUT2D eigenvalue weighted by atomic mass is 32.1. The molecule has 144 valence electrons. The van der Waals surface area contributed by atoms with Crippen molar-refractivity contribution in [2.45, 2.75) is 13.5 Å². The maximum Gasteiger partial charge on any atom is 0.291 e. The summed E-state index contributed by atoms with van der Waals surface area (Å²) in [5.41, 5.74) is 1.46. The standard InChI is InChI=1S/C20H19N3O4S/c1-2-21-18(24)14-7-5-13(6-8-14)12-22-20(26)16-9-10-17(28-16)23-19(25)15-4-3-11-27-15/h3-11H,2,12H2,1H3,(H,21,24)(H,22,26)(H,23,25). The molecule has 3 aromatic rings. The van der Waals surface area contributed by atoms with Crippen LogP contribution in [0.5, 0.6) is 0 Å². The van der Waals surface area contributed by atoms with Gasteiger partial charge in [-0.2, -0.15) is 0 Å². The van der Waals surface area contributed by atoms with E-state index in [0.717, 1.165) is 5.56 Å². The molecule has 0 saturated carbocycles. The predicted octanol–water partition coefficient (Wildman–Crippen LogP) is 3.27. The highest BCUT2D eigenvalue weighted by Crippen LogP contribution is 2.22. The molecule has 3 amide bonds. The summed E-state index contributed by atoms with van der Waals surface area (Å²) in [7, 11) is 0. The lowest BCUT2D eigenvalue weighted by molar-refractivity contribution is 0.0946. The lowest BCUT2D eigenvalue weighted by Crippen LogP contribution is -2.23. The van der Waals surface area contributed by atoms with Crippen LogP contribution in [0.3, 0.4) is 0 Å². The normalized spacial score (nSPS) is 10.3. The smallest absolute Gasteiger partial charge is 0.291 e. The molecule has 0 bridgehead atoms. The fourth-order valence-corrected chi connectivity index (χ4v) is 3.23. The molecule has 2 aromatic heterocycles. The third kappa shape index (κ3) is 4.86. The van der Waals surface area contributed by atoms with Gasteiger partial charge in [-0.1, -0.05) is 12.1 Å². The van der Waals surface area contributed by atoms with E-state index in [1.54, 1.807) is 48.5 Å². The Morgan fingerprint density at radius 3 is 2.39 bits per heavy atom. The van der Waals surface area contributed by atoms with Gasteiger partial charge >= 0.3 is 0 Å². The number of carbonyl (C=O) groups excluding carboxylic acids is 3. The van der Waals surface area contributed by atoms with Crippen molar-refractivity contribution < 1.29 is 18.8 Å². The van der Waals surface area contributed by atoms with Crippen LogP contribution in [0.4, 0.5) is 5.00 Å². The second-order valence-electron chi connectivity index (χ2n) is 5.83. The van der Waals surface area contributed by atoms with Crippen molar-refractivity contribution in [3.63, 3.8) is 0 Å². The number of anilines is 1. The molecule has 0 fully saturated rings. The lowest BCUT2D eigenvalue weighted by Gasteiger charge is -2.06. The van der Waals surface area contributed by atoms with Crippen molar-refractivity contribution in [3.8, 4) is 0 Å². The van der Waals surface area contributed by atoms with Gasteiger partial charge in [0.05, 0.1) is 16.1 Å². The van der Waals surface area contributed by atoms with Crippen molar-refractivity contribution in [2.24, 2.45) is 0 Å². The molecule has 0 spiro atoms. The van der Waals surface area contributed by atoms with Gasteiger partial charge in [0.25, 0.3) is 17.7 Å². The number of hydrogen-bond acceptors (Lipinski definition) is 5. The zero-order chi connectivity index (χ0) is 19.9. The number of rotatable bonds is 7. The summed E-state index contributed by atoms with van der Waals surface area (Å²) in [5, 5.41) is 8.80. The molecule has 0 saturated heterocycles. The largest absolute Gasteiger partial charge is 0.459 e. The van der Waals surface area contributed by atoms with Gasteiger partial charge in [-0.15, -0.1) is 11.3 Å². The van der Waals surface area contributed by atoms with E-state index >= 15 is 0 Å². The second kappa shape index (κ2) is 9.01. The first-order chi connectivity index (χ1) is 13.6. The molecule has 0 atom stereocenters. The van der Waals surface area contributed by atoms with E-state index < -0.39 is 0 Å². The molecule has 3 rings (SSSR count). The maximum atomic E-state index is 12.3. The molecule has 0 unspecified atom stereocenters. The van der Waals surface area contributed by atoms with Gasteiger partial charge in [0.15, 0.2) is 5.76 Å². The molecule has 2 heterocycles. The van der Waals surface area contributed by atoms with Crippen LogP contribution in [0, 0.1) is 0 Å². The molecule has 7 nitrogen and oxygen atoms in total. The zero-order valence-electron chi connectivity index (χ0n) is 15.2. The fraction of sp³-hybridized carbons (Fsp3) is 0.150. The molecular formula is C20H19N3O4S. The van der Waals surface area contributed by atoms with Crippen molar-refractivity contribution in [2.75, 3.05) is 11.9 Å². The van der Waals surface area contributed by atoms with Crippen LogP contribution in [0.2, 0.25) is 0 Å². The second-order valence-corrected chi connectivity index (χ2v) is 6.92. The summed E-state index contributed by atoms with van der Waals surface area (Å²) >= 11 is 1.17. The fourth-order valence-electron chi connectivity index (χ4n) is 2.41. The Morgan fingerprint density at radius 2 is 1.71 bits per heavy atom. The molecule has 28 heavy (non-hydrogen) atoms. The Hall–Kier alpha value is -3.39. The molecule has 0 aliphatic rings. The maximum absolute atomic E-state index is 12.3. The average Bonchev–Trinajstić information content (AvgIpc) is 3.39. The van der Waals surface area contributed by atoms with Crippen LogP contribution in [-0.4, -0.2) is 24.3 Å². The third-order valence-corrected chi connectivity index (χ3v) is 4.82. The highest BCUT2D eigenvalue weighted by Gasteiger charge is 2.13. The van der Waals surface area contributed by atoms with Crippen molar-refractivity contribution in [3.05, 3.63) is 76.6 Å². The monoisotopic (exact) mass is 397 g/mol. The molecule has 1 aromatic carbocycles. The SMILES string of the molecule is CCNC(=O)c1ccc(CNC(=O)c2ccc(NC(=O)c3ccco3)s2)cc1. The van der Waals surface area contributed by atoms with Crippen LogP contribution in [0.25, 0.3) is 0 Å². The molecule has 0 aliphatic heterocycles. The Bertz CT molecular complexity index is 962. The first-order valence-corrected chi connectivity index (χ1v) is 9.48. The summed E-state index contributed by atoms with van der Waals surface area (Å²) in [4.78, 5) is 36.5. The third-order valence-electron chi connectivity index (χ3n) is 3.82. The van der Waals surface area contributed by atoms with E-state index in [-0.39, 0.29) is 23.5 Å². The number of benzene rings is 1.